The van der Waals surface area contributed by atoms with Gasteiger partial charge in [0, 0.05) is 11.5 Å². The van der Waals surface area contributed by atoms with Gasteiger partial charge in [0.2, 0.25) is 0 Å². The molecule has 0 aromatic carbocycles. The van der Waals surface area contributed by atoms with Gasteiger partial charge in [-0.2, -0.15) is 0 Å². The van der Waals surface area contributed by atoms with Crippen molar-refractivity contribution in [1.82, 2.24) is 9.59 Å². The van der Waals surface area contributed by atoms with Crippen LogP contribution in [0.5, 0.6) is 0 Å². The molecule has 0 bridgehead atoms. The summed E-state index contributed by atoms with van der Waals surface area (Å²) in [6.45, 7) is 0. The SMILES string of the molecule is NS(=O)(=O)c1cnns1.[H-].[Na+]. The van der Waals surface area contributed by atoms with Crippen LogP contribution in [0.25, 0.3) is 0 Å². The quantitative estimate of drug-likeness (QED) is 0.461. The fourth-order valence-electron chi connectivity index (χ4n) is 0.283. The van der Waals surface area contributed by atoms with Gasteiger partial charge in [-0.1, -0.05) is 4.49 Å². The molecule has 1 heterocycles. The van der Waals surface area contributed by atoms with Gasteiger partial charge in [0.05, 0.1) is 6.20 Å². The minimum Gasteiger partial charge on any atom is -1.00 e. The summed E-state index contributed by atoms with van der Waals surface area (Å²) in [5, 5.41) is 8.00. The predicted octanol–water partition coefficient (Wildman–Crippen LogP) is -3.70. The normalized spacial score (nSPS) is 10.5. The summed E-state index contributed by atoms with van der Waals surface area (Å²) < 4.78 is 24.1. The van der Waals surface area contributed by atoms with Crippen molar-refractivity contribution in [2.75, 3.05) is 0 Å². The van der Waals surface area contributed by atoms with Gasteiger partial charge in [-0.25, -0.2) is 13.6 Å². The van der Waals surface area contributed by atoms with Gasteiger partial charge in [0.1, 0.15) is 0 Å². The molecule has 1 rings (SSSR count). The Balaban J connectivity index is 0. The Hall–Kier alpha value is 0.470. The molecule has 10 heavy (non-hydrogen) atoms. The average Bonchev–Trinajstić information content (AvgIpc) is 2.08. The molecule has 2 N–H and O–H groups in total. The van der Waals surface area contributed by atoms with Gasteiger partial charge in [-0.05, 0) is 0 Å². The van der Waals surface area contributed by atoms with Crippen molar-refractivity contribution in [3.63, 3.8) is 0 Å². The third-order valence-electron chi connectivity index (χ3n) is 0.622. The molecule has 0 aliphatic heterocycles. The molecule has 0 spiro atoms. The van der Waals surface area contributed by atoms with E-state index >= 15 is 0 Å². The predicted molar refractivity (Wildman–Crippen MR) is 32.4 cm³/mol. The van der Waals surface area contributed by atoms with E-state index in [2.05, 4.69) is 9.59 Å². The topological polar surface area (TPSA) is 85.9 Å². The molecule has 0 amide bonds. The van der Waals surface area contributed by atoms with Gasteiger partial charge in [-0.3, -0.25) is 0 Å². The number of primary sulfonamides is 1. The zero-order valence-corrected chi connectivity index (χ0v) is 8.82. The van der Waals surface area contributed by atoms with Crippen molar-refractivity contribution >= 4 is 21.6 Å². The van der Waals surface area contributed by atoms with Gasteiger partial charge < -0.3 is 1.43 Å². The van der Waals surface area contributed by atoms with Crippen molar-refractivity contribution in [3.05, 3.63) is 6.20 Å². The van der Waals surface area contributed by atoms with Crippen LogP contribution in [0.2, 0.25) is 0 Å². The molecule has 5 nitrogen and oxygen atoms in total. The number of hydrogen-bond donors (Lipinski definition) is 1. The van der Waals surface area contributed by atoms with Crippen molar-refractivity contribution in [1.29, 1.82) is 0 Å². The Kier molecular flexibility index (Phi) is 3.92. The van der Waals surface area contributed by atoms with E-state index in [9.17, 15) is 8.42 Å². The Bertz CT molecular complexity index is 284. The van der Waals surface area contributed by atoms with Crippen molar-refractivity contribution < 1.29 is 39.4 Å². The Labute approximate surface area is 85.6 Å². The van der Waals surface area contributed by atoms with Crippen LogP contribution in [0.1, 0.15) is 1.43 Å². The Morgan fingerprint density at radius 2 is 2.30 bits per heavy atom. The average molecular weight is 189 g/mol. The zero-order chi connectivity index (χ0) is 6.91. The van der Waals surface area contributed by atoms with Gasteiger partial charge in [0.25, 0.3) is 10.0 Å². The summed E-state index contributed by atoms with van der Waals surface area (Å²) in [6.07, 6.45) is 1.11. The minimum atomic E-state index is -3.57. The molecular weight excluding hydrogens is 185 g/mol. The number of aromatic nitrogens is 2. The van der Waals surface area contributed by atoms with Crippen LogP contribution in [0.4, 0.5) is 0 Å². The molecule has 8 heteroatoms. The summed E-state index contributed by atoms with van der Waals surface area (Å²) in [7, 11) is -3.57. The van der Waals surface area contributed by atoms with E-state index in [1.807, 2.05) is 0 Å². The van der Waals surface area contributed by atoms with E-state index in [-0.39, 0.29) is 35.2 Å². The van der Waals surface area contributed by atoms with Crippen molar-refractivity contribution in [3.8, 4) is 0 Å². The van der Waals surface area contributed by atoms with Gasteiger partial charge in [-0.15, -0.1) is 5.10 Å². The molecule has 0 unspecified atom stereocenters. The maximum Gasteiger partial charge on any atom is 1.00 e. The van der Waals surface area contributed by atoms with E-state index in [0.717, 1.165) is 17.7 Å². The van der Waals surface area contributed by atoms with Crippen LogP contribution in [0.3, 0.4) is 0 Å². The zero-order valence-electron chi connectivity index (χ0n) is 6.18. The third kappa shape index (κ3) is 2.60. The minimum absolute atomic E-state index is 0. The number of nitrogens with zero attached hydrogens (tertiary/aromatic N) is 2. The van der Waals surface area contributed by atoms with Crippen LogP contribution in [0.15, 0.2) is 10.4 Å². The third-order valence-corrected chi connectivity index (χ3v) is 2.67. The summed E-state index contributed by atoms with van der Waals surface area (Å²) in [6, 6.07) is 0. The smallest absolute Gasteiger partial charge is 1.00 e. The first kappa shape index (κ1) is 10.5. The molecule has 52 valence electrons. The van der Waals surface area contributed by atoms with Crippen LogP contribution < -0.4 is 34.7 Å². The molecule has 0 aliphatic carbocycles. The first-order chi connectivity index (χ1) is 4.11. The monoisotopic (exact) mass is 189 g/mol. The first-order valence-corrected chi connectivity index (χ1v) is 4.23. The number of hydrogen-bond acceptors (Lipinski definition) is 5. The standard InChI is InChI=1S/C2H3N3O2S2.Na.H/c3-9(6,7)2-1-4-5-8-2;;/h1H,(H2,3,6,7);;/q;+1;-1. The molecule has 0 fully saturated rings. The van der Waals surface area contributed by atoms with E-state index in [0.29, 0.717) is 0 Å². The number of rotatable bonds is 1. The summed E-state index contributed by atoms with van der Waals surface area (Å²) in [5.74, 6) is 0. The molecule has 1 aromatic heterocycles. The van der Waals surface area contributed by atoms with E-state index in [1.165, 1.54) is 0 Å². The van der Waals surface area contributed by atoms with Gasteiger partial charge in [0.15, 0.2) is 4.21 Å². The Morgan fingerprint density at radius 1 is 1.70 bits per heavy atom. The van der Waals surface area contributed by atoms with Crippen LogP contribution >= 0.6 is 11.5 Å². The number of sulfonamides is 1. The van der Waals surface area contributed by atoms with Crippen LogP contribution in [-0.4, -0.2) is 18.0 Å². The molecule has 0 atom stereocenters. The second kappa shape index (κ2) is 3.74. The maximum absolute atomic E-state index is 10.4. The van der Waals surface area contributed by atoms with Crippen LogP contribution in [-0.2, 0) is 10.0 Å². The fourth-order valence-corrected chi connectivity index (χ4v) is 1.26. The molecule has 0 radical (unpaired) electrons. The molecule has 1 aromatic rings. The van der Waals surface area contributed by atoms with Crippen molar-refractivity contribution in [2.24, 2.45) is 5.14 Å². The summed E-state index contributed by atoms with van der Waals surface area (Å²) >= 11 is 0.756. The van der Waals surface area contributed by atoms with E-state index in [4.69, 9.17) is 5.14 Å². The van der Waals surface area contributed by atoms with E-state index < -0.39 is 10.0 Å². The molecular formula is C2H4N3NaO2S2. The fraction of sp³-hybridized carbons (Fsp3) is 0. The first-order valence-electron chi connectivity index (χ1n) is 1.91. The molecule has 0 saturated carbocycles. The second-order valence-corrected chi connectivity index (χ2v) is 3.86. The van der Waals surface area contributed by atoms with Gasteiger partial charge >= 0.3 is 29.6 Å². The second-order valence-electron chi connectivity index (χ2n) is 1.28. The largest absolute Gasteiger partial charge is 1.00 e. The maximum atomic E-state index is 10.4. The van der Waals surface area contributed by atoms with Crippen LogP contribution in [0, 0.1) is 0 Å². The molecule has 0 aliphatic rings. The van der Waals surface area contributed by atoms with E-state index in [1.54, 1.807) is 0 Å². The molecule has 0 saturated heterocycles. The number of nitrogens with two attached hydrogens (primary N) is 1. The summed E-state index contributed by atoms with van der Waals surface area (Å²) in [4.78, 5) is 0. The van der Waals surface area contributed by atoms with Crippen molar-refractivity contribution in [2.45, 2.75) is 4.21 Å². The summed E-state index contributed by atoms with van der Waals surface area (Å²) in [5.41, 5.74) is 0. The Morgan fingerprint density at radius 3 is 2.50 bits per heavy atom.